The normalized spacial score (nSPS) is 21.9. The zero-order chi connectivity index (χ0) is 33.4. The number of likely N-dealkylation sites (tertiary alicyclic amines) is 2. The van der Waals surface area contributed by atoms with Crippen LogP contribution in [0.2, 0.25) is 0 Å². The first-order valence-electron chi connectivity index (χ1n) is 17.6. The lowest BCUT2D eigenvalue weighted by Crippen LogP contribution is -2.51. The maximum atomic E-state index is 14.0. The molecule has 0 radical (unpaired) electrons. The molecule has 2 N–H and O–H groups in total. The van der Waals surface area contributed by atoms with Crippen LogP contribution in [0.15, 0.2) is 66.7 Å². The number of rotatable bonds is 9. The second-order valence-electron chi connectivity index (χ2n) is 14.5. The van der Waals surface area contributed by atoms with Gasteiger partial charge in [0.05, 0.1) is 25.4 Å². The Morgan fingerprint density at radius 2 is 1.59 bits per heavy atom. The molecule has 0 unspecified atom stereocenters. The van der Waals surface area contributed by atoms with E-state index in [0.717, 1.165) is 47.7 Å². The molecule has 252 valence electrons. The molecule has 5 aromatic rings. The van der Waals surface area contributed by atoms with Gasteiger partial charge in [-0.3, -0.25) is 9.59 Å². The van der Waals surface area contributed by atoms with Crippen LogP contribution in [0.1, 0.15) is 46.4 Å². The fourth-order valence-corrected chi connectivity index (χ4v) is 8.51. The van der Waals surface area contributed by atoms with Crippen LogP contribution in [0.5, 0.6) is 11.5 Å². The molecule has 2 aliphatic carbocycles. The molecule has 10 heteroatoms. The zero-order valence-corrected chi connectivity index (χ0v) is 28.0. The van der Waals surface area contributed by atoms with E-state index in [1.807, 2.05) is 46.2 Å². The van der Waals surface area contributed by atoms with Crippen LogP contribution < -0.4 is 15.2 Å². The molecule has 2 bridgehead atoms. The predicted molar refractivity (Wildman–Crippen MR) is 188 cm³/mol. The second-order valence-corrected chi connectivity index (χ2v) is 14.5. The van der Waals surface area contributed by atoms with Crippen molar-refractivity contribution in [3.8, 4) is 23.0 Å². The van der Waals surface area contributed by atoms with Gasteiger partial charge in [-0.1, -0.05) is 18.2 Å². The highest BCUT2D eigenvalue weighted by molar-refractivity contribution is 6.01. The summed E-state index contributed by atoms with van der Waals surface area (Å²) in [4.78, 5) is 36.5. The highest BCUT2D eigenvalue weighted by atomic mass is 16.5. The standard InChI is InChI=1S/C39H42N6O4/c1-48-29-12-9-25(10-13-29)38(46)42-18-24(19-42)21-45-36-30(15-28(17-34(36)49-2)39(47)44-22-27-11-14-32(44)35(27)40)41-37(45)33-16-26-5-3-4-6-31(26)43(33)20-23-7-8-23/h3-6,9-10,12-13,15-17,23-24,27,32,35H,7-8,11,14,18-22,40H2,1-2H3/t27-,32-,35-/m1/s1. The minimum Gasteiger partial charge on any atom is -0.497 e. The summed E-state index contributed by atoms with van der Waals surface area (Å²) in [6.07, 6.45) is 4.53. The first-order valence-corrected chi connectivity index (χ1v) is 17.6. The summed E-state index contributed by atoms with van der Waals surface area (Å²) in [6, 6.07) is 22.0. The van der Waals surface area contributed by atoms with Crippen molar-refractivity contribution in [3.05, 3.63) is 77.9 Å². The minimum atomic E-state index is -0.00604. The summed E-state index contributed by atoms with van der Waals surface area (Å²) in [6.45, 7) is 3.60. The Kier molecular flexibility index (Phi) is 7.19. The molecule has 2 saturated carbocycles. The third kappa shape index (κ3) is 5.07. The average molecular weight is 659 g/mol. The van der Waals surface area contributed by atoms with E-state index in [2.05, 4.69) is 39.5 Å². The number of aromatic nitrogens is 3. The first kappa shape index (κ1) is 30.2. The van der Waals surface area contributed by atoms with Crippen molar-refractivity contribution in [2.75, 3.05) is 33.9 Å². The van der Waals surface area contributed by atoms with Crippen LogP contribution in [0.3, 0.4) is 0 Å². The number of piperidine rings is 1. The largest absolute Gasteiger partial charge is 0.497 e. The number of ether oxygens (including phenoxy) is 2. The maximum absolute atomic E-state index is 14.0. The Labute approximate surface area is 285 Å². The van der Waals surface area contributed by atoms with Gasteiger partial charge in [-0.05, 0) is 86.1 Å². The van der Waals surface area contributed by atoms with E-state index in [-0.39, 0.29) is 29.8 Å². The van der Waals surface area contributed by atoms with Crippen molar-refractivity contribution in [1.29, 1.82) is 0 Å². The maximum Gasteiger partial charge on any atom is 0.254 e. The number of hydrogen-bond donors (Lipinski definition) is 1. The summed E-state index contributed by atoms with van der Waals surface area (Å²) < 4.78 is 16.0. The Balaban J connectivity index is 1.10. The molecule has 0 spiro atoms. The number of imidazole rings is 1. The van der Waals surface area contributed by atoms with Gasteiger partial charge in [0.25, 0.3) is 11.8 Å². The number of methoxy groups -OCH3 is 2. The number of para-hydroxylation sites is 1. The van der Waals surface area contributed by atoms with Crippen molar-refractivity contribution in [2.24, 2.45) is 23.5 Å². The second kappa shape index (κ2) is 11.7. The number of carbonyl (C=O) groups excluding carboxylic acids is 2. The molecule has 2 aliphatic heterocycles. The van der Waals surface area contributed by atoms with E-state index >= 15 is 0 Å². The van der Waals surface area contributed by atoms with Gasteiger partial charge in [-0.25, -0.2) is 4.98 Å². The van der Waals surface area contributed by atoms with Gasteiger partial charge < -0.3 is 34.1 Å². The Morgan fingerprint density at radius 1 is 0.816 bits per heavy atom. The molecular formula is C39H42N6O4. The van der Waals surface area contributed by atoms with Crippen LogP contribution >= 0.6 is 0 Å². The molecule has 4 fully saturated rings. The molecule has 2 aromatic heterocycles. The highest BCUT2D eigenvalue weighted by Gasteiger charge is 2.47. The van der Waals surface area contributed by atoms with E-state index < -0.39 is 0 Å². The molecule has 3 atom stereocenters. The summed E-state index contributed by atoms with van der Waals surface area (Å²) in [5, 5.41) is 1.18. The number of fused-ring (bicyclic) bond motifs is 4. The third-order valence-electron chi connectivity index (χ3n) is 11.4. The van der Waals surface area contributed by atoms with Crippen LogP contribution in [0.4, 0.5) is 0 Å². The van der Waals surface area contributed by atoms with Gasteiger partial charge in [0.15, 0.2) is 5.82 Å². The monoisotopic (exact) mass is 658 g/mol. The van der Waals surface area contributed by atoms with E-state index in [1.165, 1.54) is 23.7 Å². The quantitative estimate of drug-likeness (QED) is 0.227. The lowest BCUT2D eigenvalue weighted by molar-refractivity contribution is 0.0471. The number of nitrogens with two attached hydrogens (primary N) is 1. The van der Waals surface area contributed by atoms with Gasteiger partial charge in [-0.15, -0.1) is 0 Å². The van der Waals surface area contributed by atoms with Gasteiger partial charge in [0.1, 0.15) is 17.0 Å². The highest BCUT2D eigenvalue weighted by Crippen LogP contribution is 2.41. The van der Waals surface area contributed by atoms with Crippen LogP contribution in [-0.4, -0.2) is 81.7 Å². The van der Waals surface area contributed by atoms with E-state index in [0.29, 0.717) is 54.9 Å². The van der Waals surface area contributed by atoms with Gasteiger partial charge in [0.2, 0.25) is 0 Å². The van der Waals surface area contributed by atoms with Crippen LogP contribution in [0.25, 0.3) is 33.5 Å². The van der Waals surface area contributed by atoms with E-state index in [1.54, 1.807) is 14.2 Å². The zero-order valence-electron chi connectivity index (χ0n) is 28.0. The first-order chi connectivity index (χ1) is 23.9. The average Bonchev–Trinajstić information content (AvgIpc) is 3.47. The SMILES string of the molecule is COc1ccc(C(=O)N2CC(Cn3c(-c4cc5ccccc5n4CC4CC4)nc4cc(C(=O)N5C[C@H]6CC[C@@H]5[C@@H]6N)cc(OC)c43)C2)cc1. The predicted octanol–water partition coefficient (Wildman–Crippen LogP) is 5.42. The van der Waals surface area contributed by atoms with E-state index in [4.69, 9.17) is 20.2 Å². The lowest BCUT2D eigenvalue weighted by Gasteiger charge is -2.40. The molecule has 10 nitrogen and oxygen atoms in total. The van der Waals surface area contributed by atoms with Crippen molar-refractivity contribution in [3.63, 3.8) is 0 Å². The lowest BCUT2D eigenvalue weighted by atomic mass is 9.98. The fraction of sp³-hybridized carbons (Fsp3) is 0.410. The molecule has 4 heterocycles. The summed E-state index contributed by atoms with van der Waals surface area (Å²) in [5.41, 5.74) is 11.6. The van der Waals surface area contributed by atoms with Crippen molar-refractivity contribution >= 4 is 33.8 Å². The Hall–Kier alpha value is -4.83. The molecule has 3 aromatic carbocycles. The number of amides is 2. The van der Waals surface area contributed by atoms with Crippen LogP contribution in [-0.2, 0) is 13.1 Å². The number of benzene rings is 3. The van der Waals surface area contributed by atoms with Gasteiger partial charge >= 0.3 is 0 Å². The Bertz CT molecular complexity index is 2090. The number of carbonyl (C=O) groups is 2. The third-order valence-corrected chi connectivity index (χ3v) is 11.4. The summed E-state index contributed by atoms with van der Waals surface area (Å²) in [7, 11) is 3.28. The van der Waals surface area contributed by atoms with Gasteiger partial charge in [-0.2, -0.15) is 0 Å². The van der Waals surface area contributed by atoms with E-state index in [9.17, 15) is 9.59 Å². The molecule has 2 amide bonds. The molecule has 4 aliphatic rings. The Morgan fingerprint density at radius 3 is 2.29 bits per heavy atom. The van der Waals surface area contributed by atoms with Crippen molar-refractivity contribution < 1.29 is 19.1 Å². The topological polar surface area (TPSA) is 108 Å². The summed E-state index contributed by atoms with van der Waals surface area (Å²) in [5.74, 6) is 3.50. The van der Waals surface area contributed by atoms with Crippen molar-refractivity contribution in [1.82, 2.24) is 23.9 Å². The van der Waals surface area contributed by atoms with Crippen molar-refractivity contribution in [2.45, 2.75) is 50.9 Å². The smallest absolute Gasteiger partial charge is 0.254 e. The van der Waals surface area contributed by atoms with Gasteiger partial charge in [0, 0.05) is 72.8 Å². The molecule has 49 heavy (non-hydrogen) atoms. The molecule has 9 rings (SSSR count). The number of nitrogens with zero attached hydrogens (tertiary/aromatic N) is 5. The van der Waals surface area contributed by atoms with Crippen LogP contribution in [0, 0.1) is 17.8 Å². The molecule has 2 saturated heterocycles. The summed E-state index contributed by atoms with van der Waals surface area (Å²) >= 11 is 0. The number of hydrogen-bond acceptors (Lipinski definition) is 6. The fourth-order valence-electron chi connectivity index (χ4n) is 8.51. The molecular weight excluding hydrogens is 616 g/mol. The minimum absolute atomic E-state index is 0.00604.